The average molecular weight is 307 g/mol. The molecule has 0 aromatic carbocycles. The highest BCUT2D eigenvalue weighted by molar-refractivity contribution is 5.94. The van der Waals surface area contributed by atoms with Crippen molar-refractivity contribution in [3.8, 4) is 0 Å². The summed E-state index contributed by atoms with van der Waals surface area (Å²) in [5.74, 6) is 0.275. The molecule has 80 valence electrons. The van der Waals surface area contributed by atoms with E-state index >= 15 is 0 Å². The van der Waals surface area contributed by atoms with E-state index in [1.807, 2.05) is 0 Å². The van der Waals surface area contributed by atoms with E-state index in [-0.39, 0.29) is 29.8 Å². The van der Waals surface area contributed by atoms with Gasteiger partial charge in [0.15, 0.2) is 5.78 Å². The predicted molar refractivity (Wildman–Crippen MR) is 52.3 cm³/mol. The van der Waals surface area contributed by atoms with Crippen LogP contribution in [0.1, 0.15) is 26.2 Å². The van der Waals surface area contributed by atoms with Gasteiger partial charge in [-0.25, -0.2) is 0 Å². The van der Waals surface area contributed by atoms with Crippen molar-refractivity contribution in [1.29, 1.82) is 0 Å². The highest BCUT2D eigenvalue weighted by atomic mass is 127. The zero-order valence-electron chi connectivity index (χ0n) is 9.09. The number of carbonyl (C=O) groups is 1. The SMILES string of the molecule is CC(=O)C1=CCC2CCC1[N+]2(C)C.[I-]. The monoisotopic (exact) mass is 307 g/mol. The van der Waals surface area contributed by atoms with Crippen LogP contribution < -0.4 is 24.0 Å². The zero-order valence-corrected chi connectivity index (χ0v) is 11.2. The fourth-order valence-corrected chi connectivity index (χ4v) is 2.95. The molecule has 2 rings (SSSR count). The van der Waals surface area contributed by atoms with Crippen LogP contribution in [0.2, 0.25) is 0 Å². The van der Waals surface area contributed by atoms with E-state index in [9.17, 15) is 4.79 Å². The van der Waals surface area contributed by atoms with Gasteiger partial charge in [-0.05, 0) is 6.92 Å². The topological polar surface area (TPSA) is 17.1 Å². The molecule has 0 radical (unpaired) electrons. The molecule has 0 spiro atoms. The number of halogens is 1. The molecule has 1 saturated heterocycles. The molecule has 2 atom stereocenters. The van der Waals surface area contributed by atoms with Crippen molar-refractivity contribution in [2.24, 2.45) is 0 Å². The van der Waals surface area contributed by atoms with Crippen LogP contribution in [0.25, 0.3) is 0 Å². The predicted octanol–water partition coefficient (Wildman–Crippen LogP) is -1.48. The lowest BCUT2D eigenvalue weighted by atomic mass is 9.96. The summed E-state index contributed by atoms with van der Waals surface area (Å²) in [6, 6.07) is 1.24. The van der Waals surface area contributed by atoms with Crippen molar-refractivity contribution in [1.82, 2.24) is 0 Å². The third-order valence-corrected chi connectivity index (χ3v) is 3.89. The fraction of sp³-hybridized carbons (Fsp3) is 0.727. The maximum absolute atomic E-state index is 11.4. The first-order chi connectivity index (χ1) is 6.03. The number of rotatable bonds is 1. The molecule has 0 aromatic heterocycles. The van der Waals surface area contributed by atoms with Crippen LogP contribution in [-0.2, 0) is 4.79 Å². The molecule has 1 fully saturated rings. The molecule has 14 heavy (non-hydrogen) atoms. The van der Waals surface area contributed by atoms with Crippen molar-refractivity contribution >= 4 is 5.78 Å². The molecule has 2 nitrogen and oxygen atoms in total. The summed E-state index contributed by atoms with van der Waals surface area (Å²) < 4.78 is 1.03. The number of fused-ring (bicyclic) bond motifs is 2. The summed E-state index contributed by atoms with van der Waals surface area (Å²) in [6.45, 7) is 1.70. The quantitative estimate of drug-likeness (QED) is 0.426. The molecule has 0 aliphatic carbocycles. The molecule has 2 bridgehead atoms. The number of carbonyl (C=O) groups excluding carboxylic acids is 1. The number of ketones is 1. The molecule has 2 aliphatic rings. The largest absolute Gasteiger partial charge is 1.00 e. The number of nitrogens with zero attached hydrogens (tertiary/aromatic N) is 1. The van der Waals surface area contributed by atoms with Gasteiger partial charge in [-0.15, -0.1) is 0 Å². The molecule has 2 heterocycles. The third kappa shape index (κ3) is 1.65. The van der Waals surface area contributed by atoms with Gasteiger partial charge in [-0.3, -0.25) is 4.79 Å². The van der Waals surface area contributed by atoms with Crippen LogP contribution in [-0.4, -0.2) is 36.4 Å². The first kappa shape index (κ1) is 12.2. The standard InChI is InChI=1S/C11H18NO.HI/c1-8(13)10-6-4-9-5-7-11(10)12(9,2)3;/h6,9,11H,4-5,7H2,1-3H3;1H/q+1;/p-1. The third-order valence-electron chi connectivity index (χ3n) is 3.89. The second-order valence-electron chi connectivity index (χ2n) is 4.83. The highest BCUT2D eigenvalue weighted by Crippen LogP contribution is 2.39. The van der Waals surface area contributed by atoms with Crippen LogP contribution in [0.3, 0.4) is 0 Å². The van der Waals surface area contributed by atoms with E-state index < -0.39 is 0 Å². The fourth-order valence-electron chi connectivity index (χ4n) is 2.95. The zero-order chi connectivity index (χ0) is 9.64. The number of likely N-dealkylation sites (N-methyl/N-ethyl adjacent to an activating group) is 1. The summed E-state index contributed by atoms with van der Waals surface area (Å²) in [5.41, 5.74) is 1.08. The van der Waals surface area contributed by atoms with Gasteiger partial charge in [-0.2, -0.15) is 0 Å². The molecular formula is C11H18INO. The average Bonchev–Trinajstić information content (AvgIpc) is 2.27. The van der Waals surface area contributed by atoms with Crippen LogP contribution in [0.15, 0.2) is 11.6 Å². The van der Waals surface area contributed by atoms with Crippen LogP contribution in [0, 0.1) is 0 Å². The Morgan fingerprint density at radius 2 is 2.07 bits per heavy atom. The maximum atomic E-state index is 11.4. The number of hydrogen-bond acceptors (Lipinski definition) is 1. The van der Waals surface area contributed by atoms with Crippen molar-refractivity contribution in [2.75, 3.05) is 14.1 Å². The minimum Gasteiger partial charge on any atom is -1.00 e. The lowest BCUT2D eigenvalue weighted by Gasteiger charge is -2.40. The van der Waals surface area contributed by atoms with Gasteiger partial charge in [0.1, 0.15) is 6.04 Å². The molecule has 2 aliphatic heterocycles. The summed E-state index contributed by atoms with van der Waals surface area (Å²) in [5, 5.41) is 0. The Labute approximate surface area is 103 Å². The van der Waals surface area contributed by atoms with Crippen LogP contribution in [0.5, 0.6) is 0 Å². The summed E-state index contributed by atoms with van der Waals surface area (Å²) in [7, 11) is 4.52. The minimum atomic E-state index is 0. The Morgan fingerprint density at radius 1 is 1.43 bits per heavy atom. The molecule has 3 heteroatoms. The van der Waals surface area contributed by atoms with Crippen LogP contribution >= 0.6 is 0 Å². The maximum Gasteiger partial charge on any atom is 0.161 e. The highest BCUT2D eigenvalue weighted by Gasteiger charge is 2.47. The second-order valence-corrected chi connectivity index (χ2v) is 4.83. The Bertz CT molecular complexity index is 283. The molecule has 0 aromatic rings. The Morgan fingerprint density at radius 3 is 2.64 bits per heavy atom. The van der Waals surface area contributed by atoms with Crippen molar-refractivity contribution in [3.05, 3.63) is 11.6 Å². The lowest BCUT2D eigenvalue weighted by molar-refractivity contribution is -0.921. The van der Waals surface area contributed by atoms with Gasteiger partial charge < -0.3 is 28.5 Å². The van der Waals surface area contributed by atoms with Crippen LogP contribution in [0.4, 0.5) is 0 Å². The normalized spacial score (nSPS) is 33.2. The summed E-state index contributed by atoms with van der Waals surface area (Å²) in [4.78, 5) is 11.4. The minimum absolute atomic E-state index is 0. The molecule has 0 amide bonds. The Kier molecular flexibility index (Phi) is 3.41. The molecule has 2 unspecified atom stereocenters. The molecule has 0 saturated carbocycles. The molecular weight excluding hydrogens is 289 g/mol. The first-order valence-corrected chi connectivity index (χ1v) is 5.08. The smallest absolute Gasteiger partial charge is 0.161 e. The van der Waals surface area contributed by atoms with Gasteiger partial charge in [0.05, 0.1) is 20.1 Å². The molecule has 0 N–H and O–H groups in total. The lowest BCUT2D eigenvalue weighted by Crippen LogP contribution is -3.00. The number of Topliss-reactive ketones (excluding diaryl/α,β-unsaturated/α-hetero) is 1. The van der Waals surface area contributed by atoms with E-state index in [0.29, 0.717) is 6.04 Å². The Hall–Kier alpha value is 0.1000. The van der Waals surface area contributed by atoms with E-state index in [1.54, 1.807) is 6.92 Å². The second kappa shape index (κ2) is 3.93. The van der Waals surface area contributed by atoms with Gasteiger partial charge >= 0.3 is 0 Å². The first-order valence-electron chi connectivity index (χ1n) is 5.08. The van der Waals surface area contributed by atoms with Gasteiger partial charge in [0, 0.05) is 24.8 Å². The number of quaternary nitrogens is 1. The van der Waals surface area contributed by atoms with Crippen molar-refractivity contribution < 1.29 is 33.3 Å². The van der Waals surface area contributed by atoms with Gasteiger partial charge in [0.25, 0.3) is 0 Å². The summed E-state index contributed by atoms with van der Waals surface area (Å²) in [6.07, 6.45) is 5.75. The van der Waals surface area contributed by atoms with Gasteiger partial charge in [0.2, 0.25) is 0 Å². The van der Waals surface area contributed by atoms with Crippen molar-refractivity contribution in [2.45, 2.75) is 38.3 Å². The van der Waals surface area contributed by atoms with E-state index in [2.05, 4.69) is 20.2 Å². The van der Waals surface area contributed by atoms with E-state index in [0.717, 1.165) is 22.5 Å². The summed E-state index contributed by atoms with van der Waals surface area (Å²) >= 11 is 0. The van der Waals surface area contributed by atoms with E-state index in [4.69, 9.17) is 0 Å². The van der Waals surface area contributed by atoms with E-state index in [1.165, 1.54) is 12.8 Å². The number of hydrogen-bond donors (Lipinski definition) is 0. The van der Waals surface area contributed by atoms with Crippen molar-refractivity contribution in [3.63, 3.8) is 0 Å². The Balaban J connectivity index is 0.000000980. The van der Waals surface area contributed by atoms with Gasteiger partial charge in [-0.1, -0.05) is 6.08 Å².